The Morgan fingerprint density at radius 3 is 3.00 bits per heavy atom. The first kappa shape index (κ1) is 10.0. The molecule has 0 saturated carbocycles. The van der Waals surface area contributed by atoms with Gasteiger partial charge in [0.05, 0.1) is 0 Å². The standard InChI is InChI=1S/C7H15N3OS/c8-10(5-11)2-1-6-3-7(12)4-9-6/h6,9,11H,1-5,8H2. The minimum Gasteiger partial charge on any atom is -0.380 e. The molecule has 4 nitrogen and oxygen atoms in total. The van der Waals surface area contributed by atoms with Gasteiger partial charge < -0.3 is 10.4 Å². The van der Waals surface area contributed by atoms with Gasteiger partial charge in [0, 0.05) is 24.0 Å². The van der Waals surface area contributed by atoms with Crippen molar-refractivity contribution in [3.8, 4) is 0 Å². The number of thiocarbonyl (C=S) groups is 1. The summed E-state index contributed by atoms with van der Waals surface area (Å²) >= 11 is 5.05. The second-order valence-corrected chi connectivity index (χ2v) is 3.64. The fourth-order valence-electron chi connectivity index (χ4n) is 1.27. The van der Waals surface area contributed by atoms with Crippen LogP contribution in [0.5, 0.6) is 0 Å². The summed E-state index contributed by atoms with van der Waals surface area (Å²) in [5.41, 5.74) is 0. The van der Waals surface area contributed by atoms with E-state index in [2.05, 4.69) is 5.32 Å². The average Bonchev–Trinajstić information content (AvgIpc) is 2.47. The number of nitrogens with one attached hydrogen (secondary N) is 1. The summed E-state index contributed by atoms with van der Waals surface area (Å²) in [6.45, 7) is 1.47. The number of hydrogen-bond donors (Lipinski definition) is 3. The second kappa shape index (κ2) is 4.84. The van der Waals surface area contributed by atoms with E-state index in [4.69, 9.17) is 23.2 Å². The highest BCUT2D eigenvalue weighted by atomic mass is 32.1. The number of nitrogens with zero attached hydrogens (tertiary/aromatic N) is 1. The van der Waals surface area contributed by atoms with Gasteiger partial charge in [-0.1, -0.05) is 12.2 Å². The Morgan fingerprint density at radius 1 is 1.75 bits per heavy atom. The number of nitrogens with two attached hydrogens (primary N) is 1. The molecule has 4 N–H and O–H groups in total. The van der Waals surface area contributed by atoms with Gasteiger partial charge in [0.25, 0.3) is 0 Å². The largest absolute Gasteiger partial charge is 0.380 e. The highest BCUT2D eigenvalue weighted by Crippen LogP contribution is 2.07. The molecule has 0 bridgehead atoms. The number of hydrogen-bond acceptors (Lipinski definition) is 5. The van der Waals surface area contributed by atoms with Gasteiger partial charge >= 0.3 is 0 Å². The maximum atomic E-state index is 8.62. The molecule has 70 valence electrons. The molecule has 1 heterocycles. The highest BCUT2D eigenvalue weighted by molar-refractivity contribution is 7.80. The molecule has 1 saturated heterocycles. The molecule has 0 aliphatic carbocycles. The van der Waals surface area contributed by atoms with E-state index in [1.807, 2.05) is 0 Å². The van der Waals surface area contributed by atoms with E-state index in [0.29, 0.717) is 12.6 Å². The molecule has 0 radical (unpaired) electrons. The summed E-state index contributed by atoms with van der Waals surface area (Å²) in [7, 11) is 0. The van der Waals surface area contributed by atoms with Crippen LogP contribution in [0.1, 0.15) is 12.8 Å². The van der Waals surface area contributed by atoms with Crippen LogP contribution in [0.25, 0.3) is 0 Å². The first-order chi connectivity index (χ1) is 5.72. The summed E-state index contributed by atoms with van der Waals surface area (Å²) in [4.78, 5) is 1.09. The lowest BCUT2D eigenvalue weighted by Gasteiger charge is -2.15. The molecular formula is C7H15N3OS. The van der Waals surface area contributed by atoms with E-state index < -0.39 is 0 Å². The van der Waals surface area contributed by atoms with Gasteiger partial charge in [0.1, 0.15) is 6.73 Å². The predicted octanol–water partition coefficient (Wildman–Crippen LogP) is -0.766. The van der Waals surface area contributed by atoms with Gasteiger partial charge in [0.2, 0.25) is 0 Å². The zero-order chi connectivity index (χ0) is 8.97. The predicted molar refractivity (Wildman–Crippen MR) is 51.6 cm³/mol. The van der Waals surface area contributed by atoms with E-state index in [0.717, 1.165) is 24.3 Å². The van der Waals surface area contributed by atoms with Gasteiger partial charge in [-0.2, -0.15) is 0 Å². The minimum atomic E-state index is -0.0861. The van der Waals surface area contributed by atoms with Crippen LogP contribution in [0.15, 0.2) is 0 Å². The van der Waals surface area contributed by atoms with Crippen molar-refractivity contribution in [2.45, 2.75) is 18.9 Å². The molecule has 0 aromatic heterocycles. The Balaban J connectivity index is 2.11. The van der Waals surface area contributed by atoms with Crippen LogP contribution in [0.2, 0.25) is 0 Å². The lowest BCUT2D eigenvalue weighted by Crippen LogP contribution is -2.36. The number of aliphatic hydroxyl groups is 1. The fourth-order valence-corrected chi connectivity index (χ4v) is 1.56. The van der Waals surface area contributed by atoms with Gasteiger partial charge in [-0.3, -0.25) is 5.84 Å². The zero-order valence-corrected chi connectivity index (χ0v) is 7.81. The summed E-state index contributed by atoms with van der Waals surface area (Å²) in [6, 6.07) is 0.454. The number of hydrazine groups is 1. The molecule has 0 spiro atoms. The number of aliphatic hydroxyl groups excluding tert-OH is 1. The molecule has 0 amide bonds. The molecule has 1 rings (SSSR count). The maximum Gasteiger partial charge on any atom is 0.108 e. The Bertz CT molecular complexity index is 165. The van der Waals surface area contributed by atoms with Crippen LogP contribution in [0, 0.1) is 0 Å². The molecule has 5 heteroatoms. The Morgan fingerprint density at radius 2 is 2.50 bits per heavy atom. The van der Waals surface area contributed by atoms with E-state index in [9.17, 15) is 0 Å². The van der Waals surface area contributed by atoms with E-state index >= 15 is 0 Å². The van der Waals surface area contributed by atoms with Crippen molar-refractivity contribution in [2.75, 3.05) is 19.8 Å². The summed E-state index contributed by atoms with van der Waals surface area (Å²) in [6.07, 6.45) is 1.91. The first-order valence-electron chi connectivity index (χ1n) is 4.08. The quantitative estimate of drug-likeness (QED) is 0.235. The summed E-state index contributed by atoms with van der Waals surface area (Å²) in [5.74, 6) is 5.41. The van der Waals surface area contributed by atoms with Crippen molar-refractivity contribution in [3.63, 3.8) is 0 Å². The fraction of sp³-hybridized carbons (Fsp3) is 0.857. The van der Waals surface area contributed by atoms with Crippen LogP contribution in [0.4, 0.5) is 0 Å². The maximum absolute atomic E-state index is 8.62. The molecule has 1 atom stereocenters. The Kier molecular flexibility index (Phi) is 4.03. The van der Waals surface area contributed by atoms with Crippen molar-refractivity contribution < 1.29 is 5.11 Å². The van der Waals surface area contributed by atoms with Crippen molar-refractivity contribution >= 4 is 17.1 Å². The molecule has 0 aromatic rings. The third kappa shape index (κ3) is 3.12. The lowest BCUT2D eigenvalue weighted by molar-refractivity contribution is 0.104. The molecule has 1 fully saturated rings. The van der Waals surface area contributed by atoms with E-state index in [1.165, 1.54) is 5.01 Å². The van der Waals surface area contributed by atoms with Crippen LogP contribution < -0.4 is 11.2 Å². The van der Waals surface area contributed by atoms with Gasteiger partial charge in [-0.05, 0) is 12.8 Å². The summed E-state index contributed by atoms with van der Waals surface area (Å²) < 4.78 is 0. The Hall–Kier alpha value is -0.0700. The highest BCUT2D eigenvalue weighted by Gasteiger charge is 2.18. The Labute approximate surface area is 77.7 Å². The summed E-state index contributed by atoms with van der Waals surface area (Å²) in [5, 5.41) is 13.3. The van der Waals surface area contributed by atoms with Gasteiger partial charge in [0.15, 0.2) is 0 Å². The number of rotatable bonds is 4. The zero-order valence-electron chi connectivity index (χ0n) is 6.99. The van der Waals surface area contributed by atoms with Crippen molar-refractivity contribution in [1.29, 1.82) is 0 Å². The lowest BCUT2D eigenvalue weighted by atomic mass is 10.1. The van der Waals surface area contributed by atoms with Crippen LogP contribution in [-0.4, -0.2) is 40.8 Å². The van der Waals surface area contributed by atoms with Crippen molar-refractivity contribution in [2.24, 2.45) is 5.84 Å². The van der Waals surface area contributed by atoms with E-state index in [-0.39, 0.29) is 6.73 Å². The molecule has 12 heavy (non-hydrogen) atoms. The van der Waals surface area contributed by atoms with Crippen LogP contribution in [-0.2, 0) is 0 Å². The third-order valence-electron chi connectivity index (χ3n) is 2.01. The molecule has 1 aliphatic heterocycles. The van der Waals surface area contributed by atoms with Gasteiger partial charge in [-0.15, -0.1) is 0 Å². The monoisotopic (exact) mass is 189 g/mol. The first-order valence-corrected chi connectivity index (χ1v) is 4.49. The van der Waals surface area contributed by atoms with Crippen LogP contribution in [0.3, 0.4) is 0 Å². The topological polar surface area (TPSA) is 61.5 Å². The second-order valence-electron chi connectivity index (χ2n) is 3.06. The molecular weight excluding hydrogens is 174 g/mol. The van der Waals surface area contributed by atoms with Crippen molar-refractivity contribution in [3.05, 3.63) is 0 Å². The smallest absolute Gasteiger partial charge is 0.108 e. The van der Waals surface area contributed by atoms with E-state index in [1.54, 1.807) is 0 Å². The van der Waals surface area contributed by atoms with Crippen molar-refractivity contribution in [1.82, 2.24) is 10.3 Å². The SMILES string of the molecule is NN(CO)CCC1CC(=S)CN1. The molecule has 0 aromatic carbocycles. The minimum absolute atomic E-state index is 0.0861. The molecule has 1 unspecified atom stereocenters. The van der Waals surface area contributed by atoms with Gasteiger partial charge in [-0.25, -0.2) is 5.01 Å². The van der Waals surface area contributed by atoms with Crippen LogP contribution >= 0.6 is 12.2 Å². The third-order valence-corrected chi connectivity index (χ3v) is 2.32. The average molecular weight is 189 g/mol. The normalized spacial score (nSPS) is 23.9. The molecule has 1 aliphatic rings.